The third kappa shape index (κ3) is 3.85. The molecule has 1 saturated heterocycles. The van der Waals surface area contributed by atoms with Gasteiger partial charge in [-0.15, -0.1) is 0 Å². The molecule has 1 aromatic carbocycles. The molecule has 1 amide bonds. The minimum Gasteiger partial charge on any atom is -0.493 e. The fourth-order valence-electron chi connectivity index (χ4n) is 2.04. The van der Waals surface area contributed by atoms with E-state index in [4.69, 9.17) is 21.1 Å². The number of rotatable bonds is 5. The highest BCUT2D eigenvalue weighted by atomic mass is 35.5. The second-order valence-electron chi connectivity index (χ2n) is 4.40. The summed E-state index contributed by atoms with van der Waals surface area (Å²) in [4.78, 5) is 11.9. The summed E-state index contributed by atoms with van der Waals surface area (Å²) in [6.45, 7) is 3.57. The highest BCUT2D eigenvalue weighted by molar-refractivity contribution is 6.30. The first-order valence-corrected chi connectivity index (χ1v) is 6.89. The third-order valence-corrected chi connectivity index (χ3v) is 3.24. The van der Waals surface area contributed by atoms with Crippen LogP contribution in [0, 0.1) is 0 Å². The van der Waals surface area contributed by atoms with Crippen molar-refractivity contribution in [2.45, 2.75) is 32.4 Å². The first-order chi connectivity index (χ1) is 9.20. The molecule has 4 nitrogen and oxygen atoms in total. The van der Waals surface area contributed by atoms with Gasteiger partial charge >= 0.3 is 0 Å². The number of ether oxygens (including phenoxy) is 2. The Labute approximate surface area is 118 Å². The molecule has 104 valence electrons. The largest absolute Gasteiger partial charge is 0.493 e. The summed E-state index contributed by atoms with van der Waals surface area (Å²) in [7, 11) is 0. The quantitative estimate of drug-likeness (QED) is 0.903. The molecule has 1 fully saturated rings. The van der Waals surface area contributed by atoms with E-state index in [1.165, 1.54) is 0 Å². The van der Waals surface area contributed by atoms with Crippen molar-refractivity contribution in [3.63, 3.8) is 0 Å². The van der Waals surface area contributed by atoms with Crippen molar-refractivity contribution >= 4 is 17.5 Å². The Hall–Kier alpha value is -1.26. The Morgan fingerprint density at radius 2 is 2.42 bits per heavy atom. The summed E-state index contributed by atoms with van der Waals surface area (Å²) in [6.07, 6.45) is 1.44. The minimum atomic E-state index is -0.303. The summed E-state index contributed by atoms with van der Waals surface area (Å²) in [5.74, 6) is 0.650. The second-order valence-corrected chi connectivity index (χ2v) is 4.84. The number of nitrogens with one attached hydrogen (secondary N) is 1. The normalized spacial score (nSPS) is 18.3. The Morgan fingerprint density at radius 1 is 1.58 bits per heavy atom. The first-order valence-electron chi connectivity index (χ1n) is 6.51. The van der Waals surface area contributed by atoms with Crippen LogP contribution in [-0.2, 0) is 16.1 Å². The van der Waals surface area contributed by atoms with Crippen molar-refractivity contribution in [3.05, 3.63) is 28.8 Å². The first kappa shape index (κ1) is 14.2. The van der Waals surface area contributed by atoms with Gasteiger partial charge in [-0.05, 0) is 31.9 Å². The molecular formula is C14H18ClNO3. The maximum Gasteiger partial charge on any atom is 0.249 e. The fraction of sp³-hybridized carbons (Fsp3) is 0.500. The summed E-state index contributed by atoms with van der Waals surface area (Å²) in [5, 5.41) is 3.49. The third-order valence-electron chi connectivity index (χ3n) is 3.00. The molecule has 19 heavy (non-hydrogen) atoms. The zero-order chi connectivity index (χ0) is 13.7. The van der Waals surface area contributed by atoms with Crippen LogP contribution in [0.5, 0.6) is 5.75 Å². The van der Waals surface area contributed by atoms with E-state index in [1.54, 1.807) is 12.1 Å². The number of halogens is 1. The minimum absolute atomic E-state index is 0.0603. The number of benzene rings is 1. The number of hydrogen-bond acceptors (Lipinski definition) is 3. The van der Waals surface area contributed by atoms with Gasteiger partial charge in [0, 0.05) is 23.7 Å². The molecule has 0 spiro atoms. The van der Waals surface area contributed by atoms with Crippen LogP contribution in [0.1, 0.15) is 25.3 Å². The lowest BCUT2D eigenvalue weighted by Gasteiger charge is -2.13. The van der Waals surface area contributed by atoms with E-state index in [0.717, 1.165) is 18.4 Å². The van der Waals surface area contributed by atoms with E-state index >= 15 is 0 Å². The van der Waals surface area contributed by atoms with Crippen LogP contribution in [0.3, 0.4) is 0 Å². The van der Waals surface area contributed by atoms with Gasteiger partial charge in [0.1, 0.15) is 11.9 Å². The highest BCUT2D eigenvalue weighted by Crippen LogP contribution is 2.23. The zero-order valence-corrected chi connectivity index (χ0v) is 11.7. The maximum atomic E-state index is 11.9. The van der Waals surface area contributed by atoms with Crippen molar-refractivity contribution in [2.24, 2.45) is 0 Å². The monoisotopic (exact) mass is 283 g/mol. The Bertz CT molecular complexity index is 444. The van der Waals surface area contributed by atoms with Gasteiger partial charge in [0.05, 0.1) is 6.61 Å². The van der Waals surface area contributed by atoms with Crippen molar-refractivity contribution in [3.8, 4) is 5.75 Å². The number of carbonyl (C=O) groups is 1. The molecule has 1 aliphatic heterocycles. The van der Waals surface area contributed by atoms with Gasteiger partial charge in [-0.3, -0.25) is 4.79 Å². The molecule has 0 unspecified atom stereocenters. The second kappa shape index (κ2) is 6.78. The molecule has 0 bridgehead atoms. The van der Waals surface area contributed by atoms with Gasteiger partial charge in [-0.2, -0.15) is 0 Å². The van der Waals surface area contributed by atoms with Gasteiger partial charge < -0.3 is 14.8 Å². The molecule has 1 heterocycles. The van der Waals surface area contributed by atoms with E-state index in [0.29, 0.717) is 30.5 Å². The van der Waals surface area contributed by atoms with Gasteiger partial charge in [0.15, 0.2) is 0 Å². The molecule has 0 saturated carbocycles. The van der Waals surface area contributed by atoms with Crippen LogP contribution in [0.15, 0.2) is 18.2 Å². The summed E-state index contributed by atoms with van der Waals surface area (Å²) in [5.41, 5.74) is 0.914. The van der Waals surface area contributed by atoms with E-state index in [9.17, 15) is 4.79 Å². The van der Waals surface area contributed by atoms with Crippen molar-refractivity contribution in [1.82, 2.24) is 5.32 Å². The lowest BCUT2D eigenvalue weighted by Crippen LogP contribution is -2.33. The molecule has 1 N–H and O–H groups in total. The van der Waals surface area contributed by atoms with Crippen LogP contribution in [0.2, 0.25) is 5.02 Å². The van der Waals surface area contributed by atoms with E-state index in [-0.39, 0.29) is 12.0 Å². The molecule has 2 rings (SSSR count). The van der Waals surface area contributed by atoms with Gasteiger partial charge in [0.25, 0.3) is 0 Å². The standard InChI is InChI=1S/C14H18ClNO3/c1-2-18-13-8-11(15)6-5-10(13)9-16-14(17)12-4-3-7-19-12/h5-6,8,12H,2-4,7,9H2,1H3,(H,16,17)/t12-/m1/s1. The van der Waals surface area contributed by atoms with Crippen LogP contribution >= 0.6 is 11.6 Å². The van der Waals surface area contributed by atoms with Gasteiger partial charge in [-0.25, -0.2) is 0 Å². The molecular weight excluding hydrogens is 266 g/mol. The average molecular weight is 284 g/mol. The topological polar surface area (TPSA) is 47.6 Å². The van der Waals surface area contributed by atoms with E-state index < -0.39 is 0 Å². The predicted octanol–water partition coefficient (Wildman–Crippen LogP) is 2.53. The highest BCUT2D eigenvalue weighted by Gasteiger charge is 2.23. The SMILES string of the molecule is CCOc1cc(Cl)ccc1CNC(=O)[C@H]1CCCO1. The molecule has 1 aliphatic rings. The maximum absolute atomic E-state index is 11.9. The molecule has 5 heteroatoms. The average Bonchev–Trinajstić information content (AvgIpc) is 2.92. The van der Waals surface area contributed by atoms with Gasteiger partial charge in [0.2, 0.25) is 5.91 Å². The fourth-order valence-corrected chi connectivity index (χ4v) is 2.21. The molecule has 0 aliphatic carbocycles. The van der Waals surface area contributed by atoms with Gasteiger partial charge in [-0.1, -0.05) is 17.7 Å². The summed E-state index contributed by atoms with van der Waals surface area (Å²) in [6, 6.07) is 5.42. The smallest absolute Gasteiger partial charge is 0.249 e. The molecule has 0 radical (unpaired) electrons. The van der Waals surface area contributed by atoms with E-state index in [2.05, 4.69) is 5.32 Å². The van der Waals surface area contributed by atoms with Crippen LogP contribution in [0.25, 0.3) is 0 Å². The Morgan fingerprint density at radius 3 is 3.11 bits per heavy atom. The van der Waals surface area contributed by atoms with Crippen molar-refractivity contribution in [2.75, 3.05) is 13.2 Å². The lowest BCUT2D eigenvalue weighted by molar-refractivity contribution is -0.130. The molecule has 1 aromatic rings. The lowest BCUT2D eigenvalue weighted by atomic mass is 10.2. The molecule has 0 aromatic heterocycles. The number of carbonyl (C=O) groups excluding carboxylic acids is 1. The molecule has 1 atom stereocenters. The number of amides is 1. The van der Waals surface area contributed by atoms with Crippen LogP contribution in [0.4, 0.5) is 0 Å². The van der Waals surface area contributed by atoms with E-state index in [1.807, 2.05) is 13.0 Å². The number of hydrogen-bond donors (Lipinski definition) is 1. The predicted molar refractivity (Wildman–Crippen MR) is 73.4 cm³/mol. The van der Waals surface area contributed by atoms with Crippen LogP contribution < -0.4 is 10.1 Å². The summed E-state index contributed by atoms with van der Waals surface area (Å²) >= 11 is 5.93. The summed E-state index contributed by atoms with van der Waals surface area (Å²) < 4.78 is 10.8. The van der Waals surface area contributed by atoms with Crippen molar-refractivity contribution < 1.29 is 14.3 Å². The van der Waals surface area contributed by atoms with Crippen molar-refractivity contribution in [1.29, 1.82) is 0 Å². The van der Waals surface area contributed by atoms with Crippen LogP contribution in [-0.4, -0.2) is 25.2 Å². The Kier molecular flexibility index (Phi) is 5.05. The zero-order valence-electron chi connectivity index (χ0n) is 10.9. The Balaban J connectivity index is 1.96.